The van der Waals surface area contributed by atoms with Crippen LogP contribution in [-0.4, -0.2) is 40.3 Å². The van der Waals surface area contributed by atoms with Crippen molar-refractivity contribution < 1.29 is 23.4 Å². The zero-order chi connectivity index (χ0) is 30.1. The minimum Gasteiger partial charge on any atom is -0.494 e. The number of hydrogen-bond acceptors (Lipinski definition) is 8. The highest BCUT2D eigenvalue weighted by Gasteiger charge is 2.40. The highest BCUT2D eigenvalue weighted by molar-refractivity contribution is 5.88. The van der Waals surface area contributed by atoms with Crippen molar-refractivity contribution in [3.05, 3.63) is 95.4 Å². The third-order valence-corrected chi connectivity index (χ3v) is 7.52. The van der Waals surface area contributed by atoms with Gasteiger partial charge in [-0.2, -0.15) is 0 Å². The minimum absolute atomic E-state index is 0.00586. The Morgan fingerprint density at radius 1 is 1.17 bits per heavy atom. The van der Waals surface area contributed by atoms with Gasteiger partial charge in [-0.25, -0.2) is 19.6 Å². The molecule has 1 aliphatic rings. The van der Waals surface area contributed by atoms with Crippen LogP contribution in [-0.2, 0) is 15.9 Å². The maximum Gasteiger partial charge on any atom is 0.155 e. The molecular weight excluding hydrogens is 540 g/mol. The van der Waals surface area contributed by atoms with E-state index in [-0.39, 0.29) is 17.8 Å². The van der Waals surface area contributed by atoms with Crippen molar-refractivity contribution in [2.45, 2.75) is 44.3 Å². The number of nitrogens with zero attached hydrogens (tertiary/aromatic N) is 3. The quantitative estimate of drug-likeness (QED) is 0.190. The number of nitrogens with two attached hydrogens (primary N) is 2. The molecule has 8 nitrogen and oxygen atoms in total. The van der Waals surface area contributed by atoms with Gasteiger partial charge in [-0.15, -0.1) is 0 Å². The molecule has 2 aromatic heterocycles. The number of aliphatic hydroxyl groups is 1. The average Bonchev–Trinajstić information content (AvgIpc) is 2.97. The zero-order valence-electron chi connectivity index (χ0n) is 23.9. The van der Waals surface area contributed by atoms with Crippen molar-refractivity contribution in [3.8, 4) is 17.0 Å². The second-order valence-electron chi connectivity index (χ2n) is 11.1. The summed E-state index contributed by atoms with van der Waals surface area (Å²) >= 11 is 0. The fraction of sp³-hybridized carbons (Fsp3) is 0.312. The van der Waals surface area contributed by atoms with Crippen LogP contribution in [0.2, 0.25) is 0 Å². The summed E-state index contributed by atoms with van der Waals surface area (Å²) in [4.78, 5) is 9.09. The molecule has 5 rings (SSSR count). The fourth-order valence-corrected chi connectivity index (χ4v) is 5.34. The van der Waals surface area contributed by atoms with Crippen molar-refractivity contribution in [1.82, 2.24) is 15.0 Å². The van der Waals surface area contributed by atoms with Crippen LogP contribution in [0.25, 0.3) is 27.9 Å². The number of fused-ring (bicyclic) bond motifs is 1. The molecule has 220 valence electrons. The van der Waals surface area contributed by atoms with Gasteiger partial charge in [-0.1, -0.05) is 6.07 Å². The molecule has 4 aromatic rings. The van der Waals surface area contributed by atoms with Crippen LogP contribution in [0, 0.1) is 11.6 Å². The summed E-state index contributed by atoms with van der Waals surface area (Å²) < 4.78 is 41.4. The number of ether oxygens (including phenoxy) is 2. The van der Waals surface area contributed by atoms with Gasteiger partial charge in [0.2, 0.25) is 0 Å². The number of hydrogen-bond donors (Lipinski definition) is 3. The molecule has 5 N–H and O–H groups in total. The summed E-state index contributed by atoms with van der Waals surface area (Å²) in [6, 6.07) is 14.4. The van der Waals surface area contributed by atoms with E-state index < -0.39 is 22.8 Å². The summed E-state index contributed by atoms with van der Waals surface area (Å²) in [5, 5.41) is 13.2. The first-order valence-electron chi connectivity index (χ1n) is 13.8. The normalized spacial score (nSPS) is 17.8. The first-order valence-corrected chi connectivity index (χ1v) is 13.8. The monoisotopic (exact) mass is 575 g/mol. The molecule has 10 heteroatoms. The van der Waals surface area contributed by atoms with Gasteiger partial charge in [0.1, 0.15) is 28.4 Å². The summed E-state index contributed by atoms with van der Waals surface area (Å²) in [5.74, 6) is 5.98. The molecular formula is C32H35F2N5O3. The molecule has 0 aliphatic carbocycles. The van der Waals surface area contributed by atoms with Gasteiger partial charge >= 0.3 is 0 Å². The molecule has 42 heavy (non-hydrogen) atoms. The molecule has 1 unspecified atom stereocenters. The molecule has 1 atom stereocenters. The van der Waals surface area contributed by atoms with Gasteiger partial charge in [-0.05, 0) is 81.6 Å². The predicted molar refractivity (Wildman–Crippen MR) is 158 cm³/mol. The molecule has 0 spiro atoms. The van der Waals surface area contributed by atoms with E-state index in [2.05, 4.69) is 4.98 Å². The van der Waals surface area contributed by atoms with Gasteiger partial charge in [0.25, 0.3) is 0 Å². The van der Waals surface area contributed by atoms with Crippen LogP contribution in [0.4, 0.5) is 8.78 Å². The second-order valence-corrected chi connectivity index (χ2v) is 11.1. The Morgan fingerprint density at radius 3 is 2.60 bits per heavy atom. The highest BCUT2D eigenvalue weighted by Crippen LogP contribution is 2.39. The Bertz CT molecular complexity index is 1610. The van der Waals surface area contributed by atoms with Gasteiger partial charge in [-0.3, -0.25) is 4.98 Å². The van der Waals surface area contributed by atoms with Crippen molar-refractivity contribution >= 4 is 16.6 Å². The first-order chi connectivity index (χ1) is 20.0. The molecule has 0 amide bonds. The van der Waals surface area contributed by atoms with Gasteiger partial charge in [0.05, 0.1) is 30.6 Å². The standard InChI is InChI=1S/C32H35F2N5O3/c1-31(2,40)24-17-27(38-30(28(24)34)20-8-10-23(33)11-9-20)32(12-4-5-14-42-32)19-39(36)18-25(35)22-15-21-7-6-13-37-29(21)26(16-22)41-3/h6-11,13,15-18,40H,4-5,12,14,19,35-36H2,1-3H3/b25-18-. The highest BCUT2D eigenvalue weighted by atomic mass is 19.1. The Morgan fingerprint density at radius 2 is 1.93 bits per heavy atom. The average molecular weight is 576 g/mol. The van der Waals surface area contributed by atoms with Gasteiger partial charge in [0, 0.05) is 41.1 Å². The lowest BCUT2D eigenvalue weighted by molar-refractivity contribution is -0.0991. The van der Waals surface area contributed by atoms with Crippen molar-refractivity contribution in [2.24, 2.45) is 11.6 Å². The predicted octanol–water partition coefficient (Wildman–Crippen LogP) is 5.34. The molecule has 0 bridgehead atoms. The van der Waals surface area contributed by atoms with Crippen molar-refractivity contribution in [2.75, 3.05) is 20.3 Å². The SMILES string of the molecule is COc1cc(/C(N)=C/N(N)CC2(c3cc(C(C)(C)O)c(F)c(-c4ccc(F)cc4)n3)CCCCO2)cc2cccnc12. The summed E-state index contributed by atoms with van der Waals surface area (Å²) in [5.41, 5.74) is 6.60. The number of pyridine rings is 2. The first kappa shape index (κ1) is 29.4. The lowest BCUT2D eigenvalue weighted by atomic mass is 9.86. The number of halogens is 2. The van der Waals surface area contributed by atoms with E-state index in [0.29, 0.717) is 41.3 Å². The largest absolute Gasteiger partial charge is 0.494 e. The third-order valence-electron chi connectivity index (χ3n) is 7.52. The Balaban J connectivity index is 1.55. The lowest BCUT2D eigenvalue weighted by Gasteiger charge is -2.40. The molecule has 0 saturated carbocycles. The number of methoxy groups -OCH3 is 1. The number of hydrazine groups is 1. The summed E-state index contributed by atoms with van der Waals surface area (Å²) in [6.07, 6.45) is 5.53. The summed E-state index contributed by atoms with van der Waals surface area (Å²) in [7, 11) is 1.57. The van der Waals surface area contributed by atoms with Crippen LogP contribution in [0.1, 0.15) is 49.9 Å². The van der Waals surface area contributed by atoms with E-state index in [4.69, 9.17) is 26.0 Å². The van der Waals surface area contributed by atoms with Crippen molar-refractivity contribution in [3.63, 3.8) is 0 Å². The second kappa shape index (κ2) is 11.6. The minimum atomic E-state index is -1.52. The molecule has 3 heterocycles. The molecule has 2 aromatic carbocycles. The maximum atomic E-state index is 15.8. The fourth-order valence-electron chi connectivity index (χ4n) is 5.34. The maximum absolute atomic E-state index is 15.8. The number of rotatable bonds is 8. The molecule has 0 radical (unpaired) electrons. The van der Waals surface area contributed by atoms with Gasteiger partial charge < -0.3 is 25.3 Å². The Kier molecular flexibility index (Phi) is 8.14. The van der Waals surface area contributed by atoms with Crippen LogP contribution in [0.3, 0.4) is 0 Å². The topological polar surface area (TPSA) is 120 Å². The smallest absolute Gasteiger partial charge is 0.155 e. The van der Waals surface area contributed by atoms with E-state index in [0.717, 1.165) is 23.7 Å². The van der Waals surface area contributed by atoms with Crippen LogP contribution < -0.4 is 16.3 Å². The van der Waals surface area contributed by atoms with Gasteiger partial charge in [0.15, 0.2) is 5.82 Å². The number of aromatic nitrogens is 2. The molecule has 1 fully saturated rings. The molecule has 1 aliphatic heterocycles. The van der Waals surface area contributed by atoms with E-state index >= 15 is 4.39 Å². The van der Waals surface area contributed by atoms with Crippen LogP contribution >= 0.6 is 0 Å². The molecule has 1 saturated heterocycles. The van der Waals surface area contributed by atoms with E-state index in [9.17, 15) is 9.50 Å². The Hall–Kier alpha value is -4.12. The van der Waals surface area contributed by atoms with Crippen LogP contribution in [0.5, 0.6) is 5.75 Å². The van der Waals surface area contributed by atoms with E-state index in [1.165, 1.54) is 49.2 Å². The van der Waals surface area contributed by atoms with Crippen LogP contribution in [0.15, 0.2) is 67.0 Å². The zero-order valence-corrected chi connectivity index (χ0v) is 23.9. The van der Waals surface area contributed by atoms with E-state index in [1.807, 2.05) is 18.2 Å². The van der Waals surface area contributed by atoms with Crippen molar-refractivity contribution in [1.29, 1.82) is 0 Å². The summed E-state index contributed by atoms with van der Waals surface area (Å²) in [6.45, 7) is 3.60. The van der Waals surface area contributed by atoms with E-state index in [1.54, 1.807) is 25.6 Å². The number of benzene rings is 2. The third kappa shape index (κ3) is 5.92. The Labute approximate surface area is 243 Å². The lowest BCUT2D eigenvalue weighted by Crippen LogP contribution is -2.46.